The predicted molar refractivity (Wildman–Crippen MR) is 69.6 cm³/mol. The Kier molecular flexibility index (Phi) is 2.29. The molecule has 0 N–H and O–H groups in total. The summed E-state index contributed by atoms with van der Waals surface area (Å²) in [5.74, 6) is 0.448. The molecule has 1 aromatic rings. The zero-order chi connectivity index (χ0) is 12.0. The van der Waals surface area contributed by atoms with Gasteiger partial charge in [-0.15, -0.1) is 0 Å². The number of hydrogen-bond acceptors (Lipinski definition) is 1. The van der Waals surface area contributed by atoms with Crippen molar-refractivity contribution in [3.8, 4) is 0 Å². The molecule has 0 saturated carbocycles. The molecule has 1 heteroatoms. The lowest BCUT2D eigenvalue weighted by molar-refractivity contribution is -0.117. The van der Waals surface area contributed by atoms with Crippen LogP contribution in [-0.2, 0) is 11.2 Å². The second-order valence-corrected chi connectivity index (χ2v) is 5.13. The molecule has 17 heavy (non-hydrogen) atoms. The summed E-state index contributed by atoms with van der Waals surface area (Å²) in [5, 5.41) is 0. The first-order chi connectivity index (χ1) is 8.18. The van der Waals surface area contributed by atoms with Crippen LogP contribution in [0.3, 0.4) is 0 Å². The van der Waals surface area contributed by atoms with E-state index in [-0.39, 0.29) is 5.92 Å². The highest BCUT2D eigenvalue weighted by Crippen LogP contribution is 2.42. The van der Waals surface area contributed by atoms with Gasteiger partial charge in [0.1, 0.15) is 0 Å². The predicted octanol–water partition coefficient (Wildman–Crippen LogP) is 3.55. The molecule has 3 rings (SSSR count). The summed E-state index contributed by atoms with van der Waals surface area (Å²) in [4.78, 5) is 12.3. The van der Waals surface area contributed by atoms with Gasteiger partial charge < -0.3 is 0 Å². The standard InChI is InChI=1S/C16H16O/c1-10(2)14-9-15-12-6-4-3-5-11(12)7-8-13(15)16(14)17/h3-6,9,13H,7-8H2,1-2H3/t13-/m0/s1. The van der Waals surface area contributed by atoms with Gasteiger partial charge in [-0.1, -0.05) is 29.8 Å². The number of carbonyl (C=O) groups excluding carboxylic acids is 1. The van der Waals surface area contributed by atoms with Gasteiger partial charge in [-0.2, -0.15) is 0 Å². The summed E-state index contributed by atoms with van der Waals surface area (Å²) in [6.45, 7) is 4.04. The first-order valence-electron chi connectivity index (χ1n) is 6.20. The summed E-state index contributed by atoms with van der Waals surface area (Å²) < 4.78 is 0. The van der Waals surface area contributed by atoms with Gasteiger partial charge in [-0.05, 0) is 49.5 Å². The molecule has 0 saturated heterocycles. The lowest BCUT2D eigenvalue weighted by atomic mass is 9.80. The summed E-state index contributed by atoms with van der Waals surface area (Å²) in [5.41, 5.74) is 5.98. The van der Waals surface area contributed by atoms with E-state index in [2.05, 4.69) is 30.3 Å². The van der Waals surface area contributed by atoms with Crippen LogP contribution < -0.4 is 0 Å². The van der Waals surface area contributed by atoms with Crippen LogP contribution in [0.4, 0.5) is 0 Å². The summed E-state index contributed by atoms with van der Waals surface area (Å²) in [6.07, 6.45) is 4.11. The number of carbonyl (C=O) groups is 1. The second-order valence-electron chi connectivity index (χ2n) is 5.13. The van der Waals surface area contributed by atoms with Crippen molar-refractivity contribution in [2.24, 2.45) is 5.92 Å². The van der Waals surface area contributed by atoms with Crippen molar-refractivity contribution < 1.29 is 4.79 Å². The largest absolute Gasteiger partial charge is 0.293 e. The molecule has 0 radical (unpaired) electrons. The van der Waals surface area contributed by atoms with Crippen LogP contribution in [0.1, 0.15) is 31.4 Å². The van der Waals surface area contributed by atoms with E-state index in [1.54, 1.807) is 0 Å². The Morgan fingerprint density at radius 2 is 2.00 bits per heavy atom. The summed E-state index contributed by atoms with van der Waals surface area (Å²) >= 11 is 0. The fraction of sp³-hybridized carbons (Fsp3) is 0.312. The van der Waals surface area contributed by atoms with Crippen molar-refractivity contribution in [3.63, 3.8) is 0 Å². The van der Waals surface area contributed by atoms with Crippen molar-refractivity contribution >= 4 is 11.4 Å². The molecule has 0 aliphatic heterocycles. The maximum Gasteiger partial charge on any atom is 0.170 e. The molecule has 86 valence electrons. The Morgan fingerprint density at radius 1 is 1.24 bits per heavy atom. The number of benzene rings is 1. The van der Waals surface area contributed by atoms with Crippen molar-refractivity contribution in [3.05, 3.63) is 52.6 Å². The number of rotatable bonds is 0. The average molecular weight is 224 g/mol. The Balaban J connectivity index is 2.18. The van der Waals surface area contributed by atoms with Crippen LogP contribution in [0.5, 0.6) is 0 Å². The van der Waals surface area contributed by atoms with Crippen molar-refractivity contribution in [2.45, 2.75) is 26.7 Å². The Hall–Kier alpha value is -1.63. The van der Waals surface area contributed by atoms with Gasteiger partial charge in [0.25, 0.3) is 0 Å². The van der Waals surface area contributed by atoms with Crippen molar-refractivity contribution in [1.82, 2.24) is 0 Å². The Bertz CT molecular complexity index is 557. The van der Waals surface area contributed by atoms with Gasteiger partial charge in [0.15, 0.2) is 5.78 Å². The first kappa shape index (κ1) is 10.5. The molecule has 0 bridgehead atoms. The van der Waals surface area contributed by atoms with E-state index in [0.29, 0.717) is 5.78 Å². The van der Waals surface area contributed by atoms with Gasteiger partial charge in [0.2, 0.25) is 0 Å². The van der Waals surface area contributed by atoms with E-state index in [9.17, 15) is 4.79 Å². The molecule has 2 aliphatic carbocycles. The number of fused-ring (bicyclic) bond motifs is 3. The Morgan fingerprint density at radius 3 is 2.76 bits per heavy atom. The van der Waals surface area contributed by atoms with E-state index in [1.807, 2.05) is 13.8 Å². The average Bonchev–Trinajstić information content (AvgIpc) is 2.67. The Labute approximate surface area is 102 Å². The highest BCUT2D eigenvalue weighted by Gasteiger charge is 2.35. The fourth-order valence-electron chi connectivity index (χ4n) is 2.92. The van der Waals surface area contributed by atoms with Crippen LogP contribution in [0, 0.1) is 5.92 Å². The zero-order valence-corrected chi connectivity index (χ0v) is 10.3. The number of Topliss-reactive ketones (excluding diaryl/α,β-unsaturated/α-hetero) is 1. The second kappa shape index (κ2) is 3.69. The SMILES string of the molecule is CC(C)=C1C=C2c3ccccc3CC[C@@H]2C1=O. The molecule has 2 aliphatic rings. The van der Waals surface area contributed by atoms with Crippen LogP contribution in [0.2, 0.25) is 0 Å². The molecule has 1 atom stereocenters. The summed E-state index contributed by atoms with van der Waals surface area (Å²) in [7, 11) is 0. The molecular weight excluding hydrogens is 208 g/mol. The van der Waals surface area contributed by atoms with E-state index in [4.69, 9.17) is 0 Å². The third-order valence-corrected chi connectivity index (χ3v) is 3.83. The third-order valence-electron chi connectivity index (χ3n) is 3.83. The number of aryl methyl sites for hydroxylation is 1. The summed E-state index contributed by atoms with van der Waals surface area (Å²) in [6, 6.07) is 8.47. The molecular formula is C16H16O. The monoisotopic (exact) mass is 224 g/mol. The van der Waals surface area contributed by atoms with E-state index in [1.165, 1.54) is 16.7 Å². The highest BCUT2D eigenvalue weighted by molar-refractivity contribution is 6.13. The topological polar surface area (TPSA) is 17.1 Å². The maximum atomic E-state index is 12.3. The van der Waals surface area contributed by atoms with E-state index >= 15 is 0 Å². The van der Waals surface area contributed by atoms with Crippen LogP contribution in [0.25, 0.3) is 5.57 Å². The van der Waals surface area contributed by atoms with Gasteiger partial charge in [0.05, 0.1) is 0 Å². The van der Waals surface area contributed by atoms with Gasteiger partial charge in [-0.3, -0.25) is 4.79 Å². The van der Waals surface area contributed by atoms with E-state index in [0.717, 1.165) is 24.0 Å². The van der Waals surface area contributed by atoms with Gasteiger partial charge in [0, 0.05) is 11.5 Å². The zero-order valence-electron chi connectivity index (χ0n) is 10.3. The van der Waals surface area contributed by atoms with Gasteiger partial charge in [-0.25, -0.2) is 0 Å². The van der Waals surface area contributed by atoms with Crippen molar-refractivity contribution in [1.29, 1.82) is 0 Å². The minimum absolute atomic E-state index is 0.120. The quantitative estimate of drug-likeness (QED) is 0.616. The third kappa shape index (κ3) is 1.49. The normalized spacial score (nSPS) is 22.0. The minimum Gasteiger partial charge on any atom is -0.293 e. The van der Waals surface area contributed by atoms with Crippen LogP contribution >= 0.6 is 0 Å². The number of allylic oxidation sites excluding steroid dienone is 4. The molecule has 1 nitrogen and oxygen atoms in total. The van der Waals surface area contributed by atoms with Gasteiger partial charge >= 0.3 is 0 Å². The smallest absolute Gasteiger partial charge is 0.170 e. The number of ketones is 1. The maximum absolute atomic E-state index is 12.3. The molecule has 0 spiro atoms. The molecule has 1 aromatic carbocycles. The minimum atomic E-state index is 0.120. The van der Waals surface area contributed by atoms with E-state index < -0.39 is 0 Å². The fourth-order valence-corrected chi connectivity index (χ4v) is 2.92. The lowest BCUT2D eigenvalue weighted by Crippen LogP contribution is -2.17. The van der Waals surface area contributed by atoms with Crippen LogP contribution in [0.15, 0.2) is 41.5 Å². The molecule has 0 unspecified atom stereocenters. The van der Waals surface area contributed by atoms with Crippen molar-refractivity contribution in [2.75, 3.05) is 0 Å². The molecule has 0 amide bonds. The molecule has 0 aromatic heterocycles. The molecule has 0 fully saturated rings. The highest BCUT2D eigenvalue weighted by atomic mass is 16.1. The van der Waals surface area contributed by atoms with Crippen LogP contribution in [-0.4, -0.2) is 5.78 Å². The number of hydrogen-bond donors (Lipinski definition) is 0. The lowest BCUT2D eigenvalue weighted by Gasteiger charge is -2.22. The molecule has 0 heterocycles. The first-order valence-corrected chi connectivity index (χ1v) is 6.20.